The highest BCUT2D eigenvalue weighted by atomic mass is 16.6. The van der Waals surface area contributed by atoms with Crippen LogP contribution in [-0.4, -0.2) is 34.5 Å². The molecule has 0 aliphatic carbocycles. The van der Waals surface area contributed by atoms with Crippen LogP contribution in [0.4, 0.5) is 10.5 Å². The number of nitrogens with one attached hydrogen (secondary N) is 1. The van der Waals surface area contributed by atoms with E-state index in [0.717, 1.165) is 18.4 Å². The molecule has 1 aromatic heterocycles. The number of carbonyl (C=O) groups excluding carboxylic acids is 2. The van der Waals surface area contributed by atoms with Crippen molar-refractivity contribution in [2.24, 2.45) is 0 Å². The Balaban J connectivity index is 1.61. The Hall–Kier alpha value is -2.89. The van der Waals surface area contributed by atoms with E-state index < -0.39 is 12.1 Å². The number of hydrogen-bond donors (Lipinski definition) is 1. The summed E-state index contributed by atoms with van der Waals surface area (Å²) >= 11 is 0. The number of hydrogen-bond acceptors (Lipinski definition) is 4. The molecule has 0 spiro atoms. The second-order valence-corrected chi connectivity index (χ2v) is 5.98. The summed E-state index contributed by atoms with van der Waals surface area (Å²) in [6.07, 6.45) is 5.19. The van der Waals surface area contributed by atoms with Gasteiger partial charge in [0.1, 0.15) is 12.6 Å². The molecule has 1 atom stereocenters. The molecule has 6 heteroatoms. The van der Waals surface area contributed by atoms with Crippen molar-refractivity contribution in [1.82, 2.24) is 9.88 Å². The van der Waals surface area contributed by atoms with Gasteiger partial charge in [-0.25, -0.2) is 4.79 Å². The van der Waals surface area contributed by atoms with Crippen molar-refractivity contribution in [1.29, 1.82) is 0 Å². The number of pyridine rings is 1. The van der Waals surface area contributed by atoms with Crippen LogP contribution in [0.5, 0.6) is 0 Å². The fourth-order valence-electron chi connectivity index (χ4n) is 2.89. The predicted molar refractivity (Wildman–Crippen MR) is 93.8 cm³/mol. The molecule has 2 heterocycles. The smallest absolute Gasteiger partial charge is 0.410 e. The highest BCUT2D eigenvalue weighted by molar-refractivity contribution is 5.96. The van der Waals surface area contributed by atoms with Crippen LogP contribution in [0.2, 0.25) is 0 Å². The summed E-state index contributed by atoms with van der Waals surface area (Å²) in [6, 6.07) is 12.5. The van der Waals surface area contributed by atoms with Crippen LogP contribution >= 0.6 is 0 Å². The molecule has 0 radical (unpaired) electrons. The number of nitrogens with zero attached hydrogens (tertiary/aromatic N) is 2. The van der Waals surface area contributed by atoms with E-state index in [0.29, 0.717) is 18.7 Å². The van der Waals surface area contributed by atoms with Crippen molar-refractivity contribution in [3.05, 3.63) is 60.4 Å². The molecule has 1 aromatic carbocycles. The average Bonchev–Trinajstić information content (AvgIpc) is 2.67. The number of anilines is 1. The summed E-state index contributed by atoms with van der Waals surface area (Å²) in [5.41, 5.74) is 1.54. The number of piperidine rings is 1. The summed E-state index contributed by atoms with van der Waals surface area (Å²) in [4.78, 5) is 30.5. The van der Waals surface area contributed by atoms with Gasteiger partial charge in [0.2, 0.25) is 5.91 Å². The normalized spacial score (nSPS) is 17.0. The average molecular weight is 339 g/mol. The van der Waals surface area contributed by atoms with E-state index in [9.17, 15) is 9.59 Å². The van der Waals surface area contributed by atoms with Gasteiger partial charge in [0.15, 0.2) is 0 Å². The van der Waals surface area contributed by atoms with Crippen LogP contribution in [0, 0.1) is 0 Å². The fraction of sp³-hybridized carbons (Fsp3) is 0.316. The standard InChI is InChI=1S/C19H21N3O3/c23-18(21-16-9-6-11-20-13-16)17-10-4-5-12-22(17)19(24)25-14-15-7-2-1-3-8-15/h1-3,6-9,11,13,17H,4-5,10,12,14H2,(H,21,23). The quantitative estimate of drug-likeness (QED) is 0.928. The van der Waals surface area contributed by atoms with Crippen LogP contribution in [0.3, 0.4) is 0 Å². The molecule has 1 unspecified atom stereocenters. The second kappa shape index (κ2) is 8.28. The Labute approximate surface area is 146 Å². The first kappa shape index (κ1) is 17.0. The van der Waals surface area contributed by atoms with Crippen LogP contribution in [-0.2, 0) is 16.1 Å². The zero-order valence-electron chi connectivity index (χ0n) is 13.9. The van der Waals surface area contributed by atoms with Crippen LogP contribution in [0.15, 0.2) is 54.9 Å². The maximum atomic E-state index is 12.6. The molecule has 1 N–H and O–H groups in total. The summed E-state index contributed by atoms with van der Waals surface area (Å²) in [5.74, 6) is -0.204. The van der Waals surface area contributed by atoms with Crippen molar-refractivity contribution < 1.29 is 14.3 Å². The van der Waals surface area contributed by atoms with E-state index >= 15 is 0 Å². The second-order valence-electron chi connectivity index (χ2n) is 5.98. The third kappa shape index (κ3) is 4.56. The van der Waals surface area contributed by atoms with E-state index in [1.165, 1.54) is 4.90 Å². The van der Waals surface area contributed by atoms with Gasteiger partial charge in [0.25, 0.3) is 0 Å². The lowest BCUT2D eigenvalue weighted by Crippen LogP contribution is -2.50. The minimum Gasteiger partial charge on any atom is -0.445 e. The minimum absolute atomic E-state index is 0.202. The van der Waals surface area contributed by atoms with E-state index in [1.54, 1.807) is 24.5 Å². The monoisotopic (exact) mass is 339 g/mol. The summed E-state index contributed by atoms with van der Waals surface area (Å²) < 4.78 is 5.39. The number of likely N-dealkylation sites (tertiary alicyclic amines) is 1. The lowest BCUT2D eigenvalue weighted by atomic mass is 10.0. The van der Waals surface area contributed by atoms with E-state index in [1.807, 2.05) is 30.3 Å². The van der Waals surface area contributed by atoms with Gasteiger partial charge in [-0.15, -0.1) is 0 Å². The Kier molecular flexibility index (Phi) is 5.61. The van der Waals surface area contributed by atoms with Crippen LogP contribution in [0.1, 0.15) is 24.8 Å². The van der Waals surface area contributed by atoms with Gasteiger partial charge in [-0.2, -0.15) is 0 Å². The number of rotatable bonds is 4. The van der Waals surface area contributed by atoms with Gasteiger partial charge in [0, 0.05) is 12.7 Å². The van der Waals surface area contributed by atoms with Crippen molar-refractivity contribution >= 4 is 17.7 Å². The highest BCUT2D eigenvalue weighted by Gasteiger charge is 2.33. The topological polar surface area (TPSA) is 71.5 Å². The van der Waals surface area contributed by atoms with E-state index in [4.69, 9.17) is 4.74 Å². The van der Waals surface area contributed by atoms with Gasteiger partial charge in [-0.1, -0.05) is 30.3 Å². The summed E-state index contributed by atoms with van der Waals surface area (Å²) in [5, 5.41) is 2.82. The number of carbonyl (C=O) groups is 2. The zero-order valence-corrected chi connectivity index (χ0v) is 13.9. The van der Waals surface area contributed by atoms with Crippen LogP contribution in [0.25, 0.3) is 0 Å². The van der Waals surface area contributed by atoms with E-state index in [-0.39, 0.29) is 12.5 Å². The number of aromatic nitrogens is 1. The van der Waals surface area contributed by atoms with E-state index in [2.05, 4.69) is 10.3 Å². The van der Waals surface area contributed by atoms with Gasteiger partial charge in [0.05, 0.1) is 11.9 Å². The predicted octanol–water partition coefficient (Wildman–Crippen LogP) is 3.21. The van der Waals surface area contributed by atoms with Gasteiger partial charge < -0.3 is 10.1 Å². The lowest BCUT2D eigenvalue weighted by molar-refractivity contribution is -0.121. The SMILES string of the molecule is O=C(Nc1cccnc1)C1CCCCN1C(=O)OCc1ccccc1. The summed E-state index contributed by atoms with van der Waals surface area (Å²) in [7, 11) is 0. The highest BCUT2D eigenvalue weighted by Crippen LogP contribution is 2.20. The largest absolute Gasteiger partial charge is 0.445 e. The Bertz CT molecular complexity index is 706. The fourth-order valence-corrected chi connectivity index (χ4v) is 2.89. The molecule has 25 heavy (non-hydrogen) atoms. The first-order chi connectivity index (χ1) is 12.2. The molecule has 130 valence electrons. The van der Waals surface area contributed by atoms with Crippen molar-refractivity contribution in [3.8, 4) is 0 Å². The van der Waals surface area contributed by atoms with Gasteiger partial charge in [-0.3, -0.25) is 14.7 Å². The minimum atomic E-state index is -0.516. The Morgan fingerprint density at radius 1 is 1.16 bits per heavy atom. The first-order valence-corrected chi connectivity index (χ1v) is 8.42. The van der Waals surface area contributed by atoms with Crippen molar-refractivity contribution in [3.63, 3.8) is 0 Å². The molecular formula is C19H21N3O3. The lowest BCUT2D eigenvalue weighted by Gasteiger charge is -2.33. The molecule has 1 saturated heterocycles. The number of amides is 2. The molecule has 3 rings (SSSR count). The molecule has 1 fully saturated rings. The van der Waals surface area contributed by atoms with Crippen LogP contribution < -0.4 is 5.32 Å². The molecular weight excluding hydrogens is 318 g/mol. The zero-order chi connectivity index (χ0) is 17.5. The Morgan fingerprint density at radius 3 is 2.76 bits per heavy atom. The first-order valence-electron chi connectivity index (χ1n) is 8.42. The van der Waals surface area contributed by atoms with Crippen molar-refractivity contribution in [2.45, 2.75) is 31.9 Å². The third-order valence-electron chi connectivity index (χ3n) is 4.17. The maximum absolute atomic E-state index is 12.6. The number of ether oxygens (including phenoxy) is 1. The molecule has 0 bridgehead atoms. The number of benzene rings is 1. The van der Waals surface area contributed by atoms with Gasteiger partial charge in [-0.05, 0) is 37.0 Å². The molecule has 1 aliphatic heterocycles. The molecule has 6 nitrogen and oxygen atoms in total. The Morgan fingerprint density at radius 2 is 2.00 bits per heavy atom. The summed E-state index contributed by atoms with van der Waals surface area (Å²) in [6.45, 7) is 0.728. The molecule has 0 saturated carbocycles. The van der Waals surface area contributed by atoms with Gasteiger partial charge >= 0.3 is 6.09 Å². The molecule has 2 amide bonds. The third-order valence-corrected chi connectivity index (χ3v) is 4.17. The van der Waals surface area contributed by atoms with Crippen molar-refractivity contribution in [2.75, 3.05) is 11.9 Å². The molecule has 1 aliphatic rings. The maximum Gasteiger partial charge on any atom is 0.410 e. The molecule has 2 aromatic rings.